The number of rotatable bonds is 3. The Morgan fingerprint density at radius 1 is 1.33 bits per heavy atom. The van der Waals surface area contributed by atoms with Gasteiger partial charge in [0.05, 0.1) is 5.25 Å². The van der Waals surface area contributed by atoms with E-state index in [9.17, 15) is 13.2 Å². The lowest BCUT2D eigenvalue weighted by Gasteiger charge is -2.21. The molecule has 0 aromatic heterocycles. The molecule has 5 nitrogen and oxygen atoms in total. The zero-order valence-electron chi connectivity index (χ0n) is 12.5. The Morgan fingerprint density at radius 2 is 1.95 bits per heavy atom. The van der Waals surface area contributed by atoms with Crippen molar-refractivity contribution in [2.24, 2.45) is 5.73 Å². The first-order valence-electron chi connectivity index (χ1n) is 6.87. The number of esters is 1. The summed E-state index contributed by atoms with van der Waals surface area (Å²) in [5.41, 5.74) is 7.12. The number of ether oxygens (including phenoxy) is 1. The van der Waals surface area contributed by atoms with Crippen molar-refractivity contribution in [2.75, 3.05) is 5.75 Å². The molecule has 2 N–H and O–H groups in total. The van der Waals surface area contributed by atoms with Gasteiger partial charge >= 0.3 is 5.97 Å². The Kier molecular flexibility index (Phi) is 4.13. The molecule has 116 valence electrons. The molecule has 1 aromatic rings. The van der Waals surface area contributed by atoms with Gasteiger partial charge in [-0.1, -0.05) is 24.3 Å². The average Bonchev–Trinajstić information content (AvgIpc) is 2.65. The van der Waals surface area contributed by atoms with Crippen molar-refractivity contribution in [1.29, 1.82) is 0 Å². The molecule has 0 bridgehead atoms. The predicted octanol–water partition coefficient (Wildman–Crippen LogP) is 1.37. The molecule has 0 radical (unpaired) electrons. The standard InChI is InChI=1S/C15H21NO4S/c1-15(2,3)20-13(17)9-21(18,19)12-8-10-6-4-5-7-11(10)14(12)16/h4-7,12,14H,8-9,16H2,1-3H3. The summed E-state index contributed by atoms with van der Waals surface area (Å²) >= 11 is 0. The maximum absolute atomic E-state index is 12.4. The first-order valence-corrected chi connectivity index (χ1v) is 8.58. The normalized spacial score (nSPS) is 21.9. The number of benzene rings is 1. The summed E-state index contributed by atoms with van der Waals surface area (Å²) in [5, 5.41) is -0.762. The minimum atomic E-state index is -3.65. The average molecular weight is 311 g/mol. The number of nitrogens with two attached hydrogens (primary N) is 1. The molecule has 1 aliphatic rings. The van der Waals surface area contributed by atoms with Crippen LogP contribution in [0.1, 0.15) is 37.9 Å². The van der Waals surface area contributed by atoms with E-state index >= 15 is 0 Å². The van der Waals surface area contributed by atoms with Crippen molar-refractivity contribution < 1.29 is 17.9 Å². The van der Waals surface area contributed by atoms with E-state index in [4.69, 9.17) is 10.5 Å². The second kappa shape index (κ2) is 5.42. The van der Waals surface area contributed by atoms with Gasteiger partial charge in [-0.15, -0.1) is 0 Å². The van der Waals surface area contributed by atoms with Crippen LogP contribution in [0.15, 0.2) is 24.3 Å². The lowest BCUT2D eigenvalue weighted by Crippen LogP contribution is -2.37. The van der Waals surface area contributed by atoms with Crippen molar-refractivity contribution >= 4 is 15.8 Å². The highest BCUT2D eigenvalue weighted by atomic mass is 32.2. The molecule has 2 unspecified atom stereocenters. The summed E-state index contributed by atoms with van der Waals surface area (Å²) in [7, 11) is -3.65. The van der Waals surface area contributed by atoms with Crippen LogP contribution >= 0.6 is 0 Å². The minimum Gasteiger partial charge on any atom is -0.459 e. The van der Waals surface area contributed by atoms with Crippen molar-refractivity contribution in [1.82, 2.24) is 0 Å². The third-order valence-electron chi connectivity index (χ3n) is 3.44. The molecular weight excluding hydrogens is 290 g/mol. The van der Waals surface area contributed by atoms with E-state index in [0.717, 1.165) is 11.1 Å². The Balaban J connectivity index is 2.14. The Bertz CT molecular complexity index is 646. The SMILES string of the molecule is CC(C)(C)OC(=O)CS(=O)(=O)C1Cc2ccccc2C1N. The van der Waals surface area contributed by atoms with Gasteiger partial charge in [-0.05, 0) is 38.3 Å². The summed E-state index contributed by atoms with van der Waals surface area (Å²) in [6.07, 6.45) is 0.350. The molecule has 0 aliphatic heterocycles. The topological polar surface area (TPSA) is 86.5 Å². The molecule has 1 aromatic carbocycles. The van der Waals surface area contributed by atoms with Crippen molar-refractivity contribution in [2.45, 2.75) is 44.1 Å². The Labute approximate surface area is 125 Å². The van der Waals surface area contributed by atoms with E-state index in [0.29, 0.717) is 6.42 Å². The largest absolute Gasteiger partial charge is 0.459 e. The fourth-order valence-corrected chi connectivity index (χ4v) is 4.21. The van der Waals surface area contributed by atoms with Gasteiger partial charge in [0.15, 0.2) is 9.84 Å². The third kappa shape index (κ3) is 3.63. The molecule has 6 heteroatoms. The number of carbonyl (C=O) groups is 1. The molecule has 2 atom stereocenters. The molecule has 0 amide bonds. The van der Waals surface area contributed by atoms with Gasteiger partial charge in [-0.2, -0.15) is 0 Å². The zero-order valence-corrected chi connectivity index (χ0v) is 13.3. The first-order chi connectivity index (χ1) is 9.60. The zero-order chi connectivity index (χ0) is 15.8. The molecule has 0 spiro atoms. The Hall–Kier alpha value is -1.40. The lowest BCUT2D eigenvalue weighted by atomic mass is 10.1. The van der Waals surface area contributed by atoms with Gasteiger partial charge in [0.25, 0.3) is 0 Å². The molecule has 1 aliphatic carbocycles. The van der Waals surface area contributed by atoms with Gasteiger partial charge < -0.3 is 10.5 Å². The Morgan fingerprint density at radius 3 is 2.52 bits per heavy atom. The van der Waals surface area contributed by atoms with Crippen LogP contribution in [0.4, 0.5) is 0 Å². The highest BCUT2D eigenvalue weighted by molar-refractivity contribution is 7.92. The molecule has 21 heavy (non-hydrogen) atoms. The monoisotopic (exact) mass is 311 g/mol. The van der Waals surface area contributed by atoms with Gasteiger partial charge in [-0.25, -0.2) is 8.42 Å². The molecule has 0 fully saturated rings. The summed E-state index contributed by atoms with van der Waals surface area (Å²) in [5.74, 6) is -1.36. The number of hydrogen-bond donors (Lipinski definition) is 1. The van der Waals surface area contributed by atoms with Crippen molar-refractivity contribution in [3.8, 4) is 0 Å². The van der Waals surface area contributed by atoms with Gasteiger partial charge in [0.1, 0.15) is 11.4 Å². The summed E-state index contributed by atoms with van der Waals surface area (Å²) in [6, 6.07) is 6.81. The highest BCUT2D eigenvalue weighted by Crippen LogP contribution is 2.34. The van der Waals surface area contributed by atoms with Crippen LogP contribution in [-0.2, 0) is 25.8 Å². The van der Waals surface area contributed by atoms with Crippen LogP contribution in [0, 0.1) is 0 Å². The van der Waals surface area contributed by atoms with Crippen LogP contribution in [0.5, 0.6) is 0 Å². The number of carbonyl (C=O) groups excluding carboxylic acids is 1. The van der Waals surface area contributed by atoms with E-state index in [1.54, 1.807) is 20.8 Å². The van der Waals surface area contributed by atoms with E-state index in [2.05, 4.69) is 0 Å². The van der Waals surface area contributed by atoms with E-state index in [-0.39, 0.29) is 0 Å². The van der Waals surface area contributed by atoms with Crippen LogP contribution in [0.25, 0.3) is 0 Å². The maximum atomic E-state index is 12.4. The summed E-state index contributed by atoms with van der Waals surface area (Å²) < 4.78 is 29.9. The lowest BCUT2D eigenvalue weighted by molar-refractivity contribution is -0.151. The molecule has 0 saturated carbocycles. The van der Waals surface area contributed by atoms with Crippen molar-refractivity contribution in [3.05, 3.63) is 35.4 Å². The quantitative estimate of drug-likeness (QED) is 0.852. The molecule has 2 rings (SSSR count). The van der Waals surface area contributed by atoms with E-state index in [1.807, 2.05) is 24.3 Å². The summed E-state index contributed by atoms with van der Waals surface area (Å²) in [6.45, 7) is 5.11. The maximum Gasteiger partial charge on any atom is 0.321 e. The van der Waals surface area contributed by atoms with Crippen LogP contribution in [-0.4, -0.2) is 31.0 Å². The van der Waals surface area contributed by atoms with Gasteiger partial charge in [0, 0.05) is 6.04 Å². The minimum absolute atomic E-state index is 0.350. The van der Waals surface area contributed by atoms with Crippen LogP contribution in [0.3, 0.4) is 0 Å². The first kappa shape index (κ1) is 16.0. The molecule has 0 heterocycles. The second-order valence-electron chi connectivity index (χ2n) is 6.36. The van der Waals surface area contributed by atoms with Crippen LogP contribution in [0.2, 0.25) is 0 Å². The molecular formula is C15H21NO4S. The predicted molar refractivity (Wildman–Crippen MR) is 80.5 cm³/mol. The fraction of sp³-hybridized carbons (Fsp3) is 0.533. The fourth-order valence-electron chi connectivity index (χ4n) is 2.58. The summed E-state index contributed by atoms with van der Waals surface area (Å²) in [4.78, 5) is 11.8. The number of fused-ring (bicyclic) bond motifs is 1. The number of hydrogen-bond acceptors (Lipinski definition) is 5. The van der Waals surface area contributed by atoms with E-state index in [1.165, 1.54) is 0 Å². The van der Waals surface area contributed by atoms with Crippen LogP contribution < -0.4 is 5.73 Å². The van der Waals surface area contributed by atoms with Crippen molar-refractivity contribution in [3.63, 3.8) is 0 Å². The van der Waals surface area contributed by atoms with Gasteiger partial charge in [-0.3, -0.25) is 4.79 Å². The number of sulfone groups is 1. The third-order valence-corrected chi connectivity index (χ3v) is 5.46. The van der Waals surface area contributed by atoms with E-state index < -0.39 is 38.5 Å². The smallest absolute Gasteiger partial charge is 0.321 e. The van der Waals surface area contributed by atoms with Gasteiger partial charge in [0.2, 0.25) is 0 Å². The second-order valence-corrected chi connectivity index (χ2v) is 8.58. The molecule has 0 saturated heterocycles. The highest BCUT2D eigenvalue weighted by Gasteiger charge is 2.40.